The van der Waals surface area contributed by atoms with E-state index in [-0.39, 0.29) is 12.0 Å². The highest BCUT2D eigenvalue weighted by Crippen LogP contribution is 2.48. The van der Waals surface area contributed by atoms with Crippen molar-refractivity contribution in [2.75, 3.05) is 6.61 Å². The van der Waals surface area contributed by atoms with Gasteiger partial charge >= 0.3 is 0 Å². The summed E-state index contributed by atoms with van der Waals surface area (Å²) in [6, 6.07) is 8.62. The first-order valence-electron chi connectivity index (χ1n) is 6.69. The SMILES string of the molecule is Cn1c2ccncc2c2ccc(C3(CO)CC3)cc21. The summed E-state index contributed by atoms with van der Waals surface area (Å²) in [4.78, 5) is 4.22. The molecule has 19 heavy (non-hydrogen) atoms. The Bertz CT molecular complexity index is 784. The van der Waals surface area contributed by atoms with E-state index >= 15 is 0 Å². The Hall–Kier alpha value is -1.87. The summed E-state index contributed by atoms with van der Waals surface area (Å²) in [6.45, 7) is 0.254. The number of hydrogen-bond donors (Lipinski definition) is 1. The number of aliphatic hydroxyl groups excluding tert-OH is 1. The highest BCUT2D eigenvalue weighted by Gasteiger charge is 2.43. The van der Waals surface area contributed by atoms with Crippen LogP contribution in [0.5, 0.6) is 0 Å². The maximum absolute atomic E-state index is 9.57. The normalized spacial score (nSPS) is 17.2. The third-order valence-corrected chi connectivity index (χ3v) is 4.58. The van der Waals surface area contributed by atoms with Crippen molar-refractivity contribution in [1.82, 2.24) is 9.55 Å². The lowest BCUT2D eigenvalue weighted by molar-refractivity contribution is 0.255. The molecule has 0 aliphatic heterocycles. The molecule has 4 rings (SSSR count). The van der Waals surface area contributed by atoms with E-state index in [1.807, 2.05) is 18.5 Å². The molecule has 0 atom stereocenters. The monoisotopic (exact) mass is 252 g/mol. The van der Waals surface area contributed by atoms with Crippen LogP contribution in [0.1, 0.15) is 18.4 Å². The number of rotatable bonds is 2. The summed E-state index contributed by atoms with van der Waals surface area (Å²) in [7, 11) is 2.09. The predicted molar refractivity (Wildman–Crippen MR) is 76.2 cm³/mol. The number of aromatic nitrogens is 2. The first kappa shape index (κ1) is 11.0. The molecular weight excluding hydrogens is 236 g/mol. The van der Waals surface area contributed by atoms with Crippen LogP contribution in [0.4, 0.5) is 0 Å². The molecule has 3 aromatic rings. The summed E-state index contributed by atoms with van der Waals surface area (Å²) in [5, 5.41) is 12.0. The van der Waals surface area contributed by atoms with E-state index in [0.717, 1.165) is 12.8 Å². The van der Waals surface area contributed by atoms with E-state index in [0.29, 0.717) is 0 Å². The summed E-state index contributed by atoms with van der Waals surface area (Å²) in [5.41, 5.74) is 3.72. The average molecular weight is 252 g/mol. The number of fused-ring (bicyclic) bond motifs is 3. The van der Waals surface area contributed by atoms with Gasteiger partial charge in [-0.3, -0.25) is 4.98 Å². The van der Waals surface area contributed by atoms with Crippen molar-refractivity contribution < 1.29 is 5.11 Å². The molecule has 1 aliphatic rings. The Kier molecular flexibility index (Phi) is 2.07. The minimum absolute atomic E-state index is 0.0306. The molecule has 1 fully saturated rings. The minimum atomic E-state index is 0.0306. The topological polar surface area (TPSA) is 38.0 Å². The Morgan fingerprint density at radius 3 is 2.79 bits per heavy atom. The zero-order chi connectivity index (χ0) is 13.0. The molecule has 1 aliphatic carbocycles. The van der Waals surface area contributed by atoms with Gasteiger partial charge in [-0.05, 0) is 30.5 Å². The smallest absolute Gasteiger partial charge is 0.0527 e. The number of benzene rings is 1. The van der Waals surface area contributed by atoms with Crippen LogP contribution in [0.2, 0.25) is 0 Å². The van der Waals surface area contributed by atoms with Gasteiger partial charge in [-0.2, -0.15) is 0 Å². The second-order valence-electron chi connectivity index (χ2n) is 5.62. The van der Waals surface area contributed by atoms with E-state index < -0.39 is 0 Å². The second-order valence-corrected chi connectivity index (χ2v) is 5.62. The molecule has 3 heteroatoms. The summed E-state index contributed by atoms with van der Waals surface area (Å²) in [6.07, 6.45) is 5.95. The van der Waals surface area contributed by atoms with Gasteiger partial charge < -0.3 is 9.67 Å². The van der Waals surface area contributed by atoms with Gasteiger partial charge in [0.05, 0.1) is 12.1 Å². The van der Waals surface area contributed by atoms with Gasteiger partial charge in [0.25, 0.3) is 0 Å². The third kappa shape index (κ3) is 1.39. The van der Waals surface area contributed by atoms with Gasteiger partial charge in [-0.1, -0.05) is 12.1 Å². The predicted octanol–water partition coefficient (Wildman–Crippen LogP) is 2.75. The fourth-order valence-electron chi connectivity index (χ4n) is 3.07. The third-order valence-electron chi connectivity index (χ3n) is 4.58. The first-order chi connectivity index (χ1) is 9.25. The molecule has 1 saturated carbocycles. The first-order valence-corrected chi connectivity index (χ1v) is 6.69. The van der Waals surface area contributed by atoms with Crippen molar-refractivity contribution in [1.29, 1.82) is 0 Å². The molecule has 3 nitrogen and oxygen atoms in total. The number of aliphatic hydroxyl groups is 1. The van der Waals surface area contributed by atoms with Gasteiger partial charge in [0.15, 0.2) is 0 Å². The fourth-order valence-corrected chi connectivity index (χ4v) is 3.07. The van der Waals surface area contributed by atoms with Gasteiger partial charge in [-0.25, -0.2) is 0 Å². The van der Waals surface area contributed by atoms with Crippen LogP contribution in [0.25, 0.3) is 21.8 Å². The molecule has 0 saturated heterocycles. The van der Waals surface area contributed by atoms with Crippen molar-refractivity contribution in [3.8, 4) is 0 Å². The molecule has 0 unspecified atom stereocenters. The number of hydrogen-bond acceptors (Lipinski definition) is 2. The van der Waals surface area contributed by atoms with Crippen LogP contribution in [0.15, 0.2) is 36.7 Å². The van der Waals surface area contributed by atoms with Crippen molar-refractivity contribution in [3.05, 3.63) is 42.2 Å². The Balaban J connectivity index is 2.04. The van der Waals surface area contributed by atoms with E-state index in [4.69, 9.17) is 0 Å². The quantitative estimate of drug-likeness (QED) is 0.761. The molecule has 1 aromatic carbocycles. The van der Waals surface area contributed by atoms with Crippen molar-refractivity contribution in [3.63, 3.8) is 0 Å². The van der Waals surface area contributed by atoms with E-state index in [9.17, 15) is 5.11 Å². The van der Waals surface area contributed by atoms with Gasteiger partial charge in [0.2, 0.25) is 0 Å². The highest BCUT2D eigenvalue weighted by atomic mass is 16.3. The molecule has 0 amide bonds. The zero-order valence-electron chi connectivity index (χ0n) is 10.9. The van der Waals surface area contributed by atoms with Gasteiger partial charge in [-0.15, -0.1) is 0 Å². The molecule has 1 N–H and O–H groups in total. The zero-order valence-corrected chi connectivity index (χ0v) is 10.9. The minimum Gasteiger partial charge on any atom is -0.395 e. The number of nitrogens with zero attached hydrogens (tertiary/aromatic N) is 2. The Labute approximate surface area is 111 Å². The molecule has 2 aromatic heterocycles. The van der Waals surface area contributed by atoms with Crippen LogP contribution >= 0.6 is 0 Å². The standard InChI is InChI=1S/C16H16N2O/c1-18-14-4-7-17-9-13(14)12-3-2-11(8-15(12)18)16(10-19)5-6-16/h2-4,7-9,19H,5-6,10H2,1H3. The summed E-state index contributed by atoms with van der Waals surface area (Å²) in [5.74, 6) is 0. The summed E-state index contributed by atoms with van der Waals surface area (Å²) >= 11 is 0. The van der Waals surface area contributed by atoms with Crippen molar-refractivity contribution in [2.45, 2.75) is 18.3 Å². The maximum atomic E-state index is 9.57. The largest absolute Gasteiger partial charge is 0.395 e. The lowest BCUT2D eigenvalue weighted by Crippen LogP contribution is -2.11. The van der Waals surface area contributed by atoms with Crippen LogP contribution in [-0.2, 0) is 12.5 Å². The van der Waals surface area contributed by atoms with Crippen molar-refractivity contribution in [2.24, 2.45) is 7.05 Å². The van der Waals surface area contributed by atoms with E-state index in [2.05, 4.69) is 34.8 Å². The number of aryl methyl sites for hydroxylation is 1. The van der Waals surface area contributed by atoms with E-state index in [1.165, 1.54) is 27.4 Å². The molecule has 96 valence electrons. The molecule has 0 bridgehead atoms. The van der Waals surface area contributed by atoms with Crippen LogP contribution in [-0.4, -0.2) is 21.3 Å². The highest BCUT2D eigenvalue weighted by molar-refractivity contribution is 6.07. The van der Waals surface area contributed by atoms with Crippen LogP contribution in [0, 0.1) is 0 Å². The number of pyridine rings is 1. The maximum Gasteiger partial charge on any atom is 0.0527 e. The average Bonchev–Trinajstić information content (AvgIpc) is 3.22. The van der Waals surface area contributed by atoms with Crippen LogP contribution < -0.4 is 0 Å². The molecule has 0 radical (unpaired) electrons. The Morgan fingerprint density at radius 2 is 2.05 bits per heavy atom. The van der Waals surface area contributed by atoms with Crippen molar-refractivity contribution >= 4 is 21.8 Å². The molecule has 0 spiro atoms. The van der Waals surface area contributed by atoms with Crippen LogP contribution in [0.3, 0.4) is 0 Å². The second kappa shape index (κ2) is 3.58. The van der Waals surface area contributed by atoms with E-state index in [1.54, 1.807) is 0 Å². The fraction of sp³-hybridized carbons (Fsp3) is 0.312. The lowest BCUT2D eigenvalue weighted by Gasteiger charge is -2.12. The van der Waals surface area contributed by atoms with Gasteiger partial charge in [0, 0.05) is 41.1 Å². The molecule has 2 heterocycles. The molecular formula is C16H16N2O. The summed E-state index contributed by atoms with van der Waals surface area (Å²) < 4.78 is 2.21. The Morgan fingerprint density at radius 1 is 1.21 bits per heavy atom. The lowest BCUT2D eigenvalue weighted by atomic mass is 9.96. The van der Waals surface area contributed by atoms with Gasteiger partial charge in [0.1, 0.15) is 0 Å².